The highest BCUT2D eigenvalue weighted by Crippen LogP contribution is 2.30. The maximum Gasteiger partial charge on any atom is 0.323 e. The number of carbonyl (C=O) groups excluding carboxylic acids is 1. The molecule has 1 N–H and O–H groups in total. The van der Waals surface area contributed by atoms with Crippen molar-refractivity contribution in [1.29, 1.82) is 0 Å². The monoisotopic (exact) mass is 303 g/mol. The number of rotatable bonds is 4. The summed E-state index contributed by atoms with van der Waals surface area (Å²) >= 11 is 4.60. The van der Waals surface area contributed by atoms with Gasteiger partial charge in [-0.15, -0.1) is 11.3 Å². The van der Waals surface area contributed by atoms with E-state index >= 15 is 0 Å². The third kappa shape index (κ3) is 2.62. The fourth-order valence-corrected chi connectivity index (χ4v) is 2.85. The average molecular weight is 304 g/mol. The van der Waals surface area contributed by atoms with Crippen LogP contribution in [0.4, 0.5) is 0 Å². The molecule has 4 nitrogen and oxygen atoms in total. The van der Waals surface area contributed by atoms with E-state index in [4.69, 9.17) is 5.11 Å². The van der Waals surface area contributed by atoms with Crippen molar-refractivity contribution in [2.24, 2.45) is 0 Å². The Hall–Kier alpha value is -0.880. The van der Waals surface area contributed by atoms with Crippen molar-refractivity contribution < 1.29 is 14.7 Å². The van der Waals surface area contributed by atoms with Gasteiger partial charge >= 0.3 is 5.97 Å². The second-order valence-electron chi connectivity index (χ2n) is 3.69. The van der Waals surface area contributed by atoms with Crippen LogP contribution in [0.1, 0.15) is 22.5 Å². The minimum absolute atomic E-state index is 0.115. The summed E-state index contributed by atoms with van der Waals surface area (Å²) in [6, 6.07) is 1.84. The van der Waals surface area contributed by atoms with Gasteiger partial charge < -0.3 is 10.0 Å². The Bertz CT molecular complexity index is 427. The molecule has 1 saturated carbocycles. The number of carboxylic acids is 1. The van der Waals surface area contributed by atoms with E-state index in [9.17, 15) is 9.59 Å². The Balaban J connectivity index is 2.13. The van der Waals surface area contributed by atoms with Crippen LogP contribution in [0.2, 0.25) is 0 Å². The zero-order valence-electron chi connectivity index (χ0n) is 8.35. The summed E-state index contributed by atoms with van der Waals surface area (Å²) < 4.78 is 0.854. The van der Waals surface area contributed by atoms with Crippen molar-refractivity contribution in [3.63, 3.8) is 0 Å². The van der Waals surface area contributed by atoms with Gasteiger partial charge in [0.2, 0.25) is 0 Å². The van der Waals surface area contributed by atoms with Crippen LogP contribution in [0.5, 0.6) is 0 Å². The number of thiophene rings is 1. The van der Waals surface area contributed by atoms with Crippen LogP contribution in [0.15, 0.2) is 15.9 Å². The van der Waals surface area contributed by atoms with Crippen molar-refractivity contribution in [2.75, 3.05) is 6.54 Å². The number of amides is 1. The molecule has 1 aromatic rings. The first-order valence-corrected chi connectivity index (χ1v) is 6.52. The molecule has 1 fully saturated rings. The molecule has 0 unspecified atom stereocenters. The lowest BCUT2D eigenvalue weighted by Gasteiger charge is -2.19. The maximum atomic E-state index is 12.0. The van der Waals surface area contributed by atoms with Gasteiger partial charge in [0.15, 0.2) is 0 Å². The SMILES string of the molecule is O=C(O)CN(C(=O)c1cc(Br)cs1)C1CC1. The summed E-state index contributed by atoms with van der Waals surface area (Å²) in [6.45, 7) is -0.209. The molecule has 16 heavy (non-hydrogen) atoms. The molecule has 0 radical (unpaired) electrons. The summed E-state index contributed by atoms with van der Waals surface area (Å²) in [7, 11) is 0. The van der Waals surface area contributed by atoms with E-state index in [1.165, 1.54) is 16.2 Å². The molecule has 1 aliphatic rings. The smallest absolute Gasteiger partial charge is 0.323 e. The topological polar surface area (TPSA) is 57.6 Å². The van der Waals surface area contributed by atoms with Gasteiger partial charge in [-0.05, 0) is 34.8 Å². The summed E-state index contributed by atoms with van der Waals surface area (Å²) in [5.74, 6) is -1.14. The van der Waals surface area contributed by atoms with Gasteiger partial charge in [0, 0.05) is 15.9 Å². The van der Waals surface area contributed by atoms with Crippen molar-refractivity contribution in [3.8, 4) is 0 Å². The number of hydrogen-bond acceptors (Lipinski definition) is 3. The van der Waals surface area contributed by atoms with Gasteiger partial charge in [-0.3, -0.25) is 9.59 Å². The van der Waals surface area contributed by atoms with Crippen LogP contribution in [0.3, 0.4) is 0 Å². The zero-order chi connectivity index (χ0) is 11.7. The van der Waals surface area contributed by atoms with Crippen LogP contribution < -0.4 is 0 Å². The molecule has 0 aromatic carbocycles. The van der Waals surface area contributed by atoms with Gasteiger partial charge in [0.25, 0.3) is 5.91 Å². The van der Waals surface area contributed by atoms with E-state index in [1.807, 2.05) is 5.38 Å². The number of nitrogens with zero attached hydrogens (tertiary/aromatic N) is 1. The first-order valence-electron chi connectivity index (χ1n) is 4.84. The summed E-state index contributed by atoms with van der Waals surface area (Å²) in [6.07, 6.45) is 1.82. The number of carbonyl (C=O) groups is 2. The number of carboxylic acid groups (broad SMARTS) is 1. The Labute approximate surface area is 105 Å². The molecule has 2 rings (SSSR count). The molecule has 0 spiro atoms. The molecule has 0 aliphatic heterocycles. The lowest BCUT2D eigenvalue weighted by Crippen LogP contribution is -2.37. The second-order valence-corrected chi connectivity index (χ2v) is 5.51. The average Bonchev–Trinajstić information content (AvgIpc) is 2.96. The lowest BCUT2D eigenvalue weighted by molar-refractivity contribution is -0.137. The molecule has 1 aromatic heterocycles. The molecule has 1 aliphatic carbocycles. The van der Waals surface area contributed by atoms with Crippen LogP contribution in [0, 0.1) is 0 Å². The molecule has 1 heterocycles. The third-order valence-electron chi connectivity index (χ3n) is 2.33. The number of hydrogen-bond donors (Lipinski definition) is 1. The zero-order valence-corrected chi connectivity index (χ0v) is 10.8. The highest BCUT2D eigenvalue weighted by atomic mass is 79.9. The fraction of sp³-hybridized carbons (Fsp3) is 0.400. The van der Waals surface area contributed by atoms with Gasteiger partial charge in [-0.1, -0.05) is 0 Å². The largest absolute Gasteiger partial charge is 0.480 e. The van der Waals surface area contributed by atoms with Crippen molar-refractivity contribution >= 4 is 39.1 Å². The van der Waals surface area contributed by atoms with Crippen LogP contribution in [0.25, 0.3) is 0 Å². The summed E-state index contributed by atoms with van der Waals surface area (Å²) in [4.78, 5) is 24.7. The van der Waals surface area contributed by atoms with E-state index in [0.717, 1.165) is 17.3 Å². The lowest BCUT2D eigenvalue weighted by atomic mass is 10.3. The maximum absolute atomic E-state index is 12.0. The van der Waals surface area contributed by atoms with E-state index in [2.05, 4.69) is 15.9 Å². The molecular weight excluding hydrogens is 294 g/mol. The quantitative estimate of drug-likeness (QED) is 0.928. The highest BCUT2D eigenvalue weighted by Gasteiger charge is 2.34. The number of aliphatic carboxylic acids is 1. The fourth-order valence-electron chi connectivity index (χ4n) is 1.47. The molecule has 86 valence electrons. The van der Waals surface area contributed by atoms with E-state index in [0.29, 0.717) is 4.88 Å². The predicted molar refractivity (Wildman–Crippen MR) is 63.7 cm³/mol. The van der Waals surface area contributed by atoms with Gasteiger partial charge in [0.1, 0.15) is 6.54 Å². The van der Waals surface area contributed by atoms with E-state index in [-0.39, 0.29) is 18.5 Å². The van der Waals surface area contributed by atoms with E-state index in [1.54, 1.807) is 6.07 Å². The van der Waals surface area contributed by atoms with Gasteiger partial charge in [-0.2, -0.15) is 0 Å². The second kappa shape index (κ2) is 4.55. The summed E-state index contributed by atoms with van der Waals surface area (Å²) in [5.41, 5.74) is 0. The molecule has 1 amide bonds. The first-order chi connectivity index (χ1) is 7.58. The Morgan fingerprint density at radius 2 is 2.25 bits per heavy atom. The Morgan fingerprint density at radius 3 is 2.69 bits per heavy atom. The van der Waals surface area contributed by atoms with Crippen molar-refractivity contribution in [1.82, 2.24) is 4.90 Å². The molecule has 6 heteroatoms. The Kier molecular flexibility index (Phi) is 3.30. The first kappa shape index (κ1) is 11.6. The van der Waals surface area contributed by atoms with Gasteiger partial charge in [0.05, 0.1) is 4.88 Å². The summed E-state index contributed by atoms with van der Waals surface area (Å²) in [5, 5.41) is 10.6. The standard InChI is InChI=1S/C10H10BrNO3S/c11-6-3-8(16-5-6)10(15)12(4-9(13)14)7-1-2-7/h3,5,7H,1-2,4H2,(H,13,14). The molecule has 0 atom stereocenters. The normalized spacial score (nSPS) is 14.8. The third-order valence-corrected chi connectivity index (χ3v) is 4.01. The number of halogens is 1. The molecular formula is C10H10BrNO3S. The van der Waals surface area contributed by atoms with Gasteiger partial charge in [-0.25, -0.2) is 0 Å². The Morgan fingerprint density at radius 1 is 1.56 bits per heavy atom. The molecule has 0 bridgehead atoms. The predicted octanol–water partition coefficient (Wildman–Crippen LogP) is 2.20. The minimum atomic E-state index is -0.962. The van der Waals surface area contributed by atoms with E-state index < -0.39 is 5.97 Å². The minimum Gasteiger partial charge on any atom is -0.480 e. The highest BCUT2D eigenvalue weighted by molar-refractivity contribution is 9.10. The van der Waals surface area contributed by atoms with Crippen molar-refractivity contribution in [3.05, 3.63) is 20.8 Å². The van der Waals surface area contributed by atoms with Crippen molar-refractivity contribution in [2.45, 2.75) is 18.9 Å². The molecule has 0 saturated heterocycles. The van der Waals surface area contributed by atoms with Crippen LogP contribution in [-0.2, 0) is 4.79 Å². The van der Waals surface area contributed by atoms with Crippen LogP contribution in [-0.4, -0.2) is 34.5 Å². The van der Waals surface area contributed by atoms with Crippen LogP contribution >= 0.6 is 27.3 Å².